The van der Waals surface area contributed by atoms with Gasteiger partial charge < -0.3 is 14.0 Å². The van der Waals surface area contributed by atoms with Gasteiger partial charge >= 0.3 is 0 Å². The summed E-state index contributed by atoms with van der Waals surface area (Å²) in [6, 6.07) is 0.221. The van der Waals surface area contributed by atoms with Crippen molar-refractivity contribution in [2.75, 3.05) is 14.2 Å². The van der Waals surface area contributed by atoms with Gasteiger partial charge in [-0.2, -0.15) is 4.98 Å². The van der Waals surface area contributed by atoms with Crippen LogP contribution in [0.25, 0.3) is 11.2 Å². The Labute approximate surface area is 122 Å². The number of aromatic nitrogens is 4. The van der Waals surface area contributed by atoms with Crippen molar-refractivity contribution in [3.63, 3.8) is 0 Å². The molecule has 0 amide bonds. The highest BCUT2D eigenvalue weighted by atomic mass is 35.5. The molecule has 0 N–H and O–H groups in total. The first-order chi connectivity index (χ1) is 9.80. The van der Waals surface area contributed by atoms with Crippen molar-refractivity contribution in [3.8, 4) is 5.88 Å². The molecule has 0 aromatic carbocycles. The molecule has 1 aliphatic rings. The number of ether oxygens (including phenoxy) is 2. The van der Waals surface area contributed by atoms with Crippen LogP contribution in [0.5, 0.6) is 5.88 Å². The van der Waals surface area contributed by atoms with Crippen LogP contribution in [0.3, 0.4) is 0 Å². The Balaban J connectivity index is 2.18. The molecular weight excluding hydrogens is 280 g/mol. The van der Waals surface area contributed by atoms with Gasteiger partial charge in [-0.25, -0.2) is 9.97 Å². The lowest BCUT2D eigenvalue weighted by Crippen LogP contribution is -2.22. The predicted molar refractivity (Wildman–Crippen MR) is 75.1 cm³/mol. The van der Waals surface area contributed by atoms with Crippen molar-refractivity contribution in [1.29, 1.82) is 0 Å². The molecule has 0 bridgehead atoms. The summed E-state index contributed by atoms with van der Waals surface area (Å²) in [6.07, 6.45) is 4.89. The van der Waals surface area contributed by atoms with Gasteiger partial charge in [0.1, 0.15) is 12.2 Å². The van der Waals surface area contributed by atoms with Crippen molar-refractivity contribution in [3.05, 3.63) is 12.2 Å². The molecule has 2 heterocycles. The highest BCUT2D eigenvalue weighted by molar-refractivity contribution is 6.16. The average Bonchev–Trinajstić information content (AvgIpc) is 3.09. The van der Waals surface area contributed by atoms with E-state index in [1.165, 1.54) is 6.33 Å². The van der Waals surface area contributed by atoms with Crippen LogP contribution in [-0.2, 0) is 10.6 Å². The van der Waals surface area contributed by atoms with E-state index >= 15 is 0 Å². The van der Waals surface area contributed by atoms with Gasteiger partial charge in [0.15, 0.2) is 11.2 Å². The summed E-state index contributed by atoms with van der Waals surface area (Å²) in [6.45, 7) is 0. The zero-order valence-electron chi connectivity index (χ0n) is 11.5. The van der Waals surface area contributed by atoms with E-state index in [0.717, 1.165) is 30.7 Å². The molecule has 2 unspecified atom stereocenters. The quantitative estimate of drug-likeness (QED) is 0.810. The van der Waals surface area contributed by atoms with Crippen LogP contribution >= 0.6 is 11.6 Å². The zero-order chi connectivity index (χ0) is 14.1. The monoisotopic (exact) mass is 296 g/mol. The first-order valence-corrected chi connectivity index (χ1v) is 7.18. The number of nitrogens with zero attached hydrogens (tertiary/aromatic N) is 4. The third kappa shape index (κ3) is 2.03. The standard InChI is InChI=1S/C13H17ClN4O2/c1-19-9-5-3-4-8(9)18-10(6-14)17-11-12(18)15-7-16-13(11)20-2/h7-9H,3-6H2,1-2H3. The molecule has 0 radical (unpaired) electrons. The number of fused-ring (bicyclic) bond motifs is 1. The Hall–Kier alpha value is -1.40. The summed E-state index contributed by atoms with van der Waals surface area (Å²) in [4.78, 5) is 13.0. The highest BCUT2D eigenvalue weighted by Gasteiger charge is 2.32. The van der Waals surface area contributed by atoms with E-state index < -0.39 is 0 Å². The molecule has 1 aliphatic carbocycles. The van der Waals surface area contributed by atoms with E-state index in [4.69, 9.17) is 21.1 Å². The smallest absolute Gasteiger partial charge is 0.245 e. The summed E-state index contributed by atoms with van der Waals surface area (Å²) in [5, 5.41) is 0. The molecule has 2 aromatic rings. The number of halogens is 1. The van der Waals surface area contributed by atoms with Crippen molar-refractivity contribution >= 4 is 22.8 Å². The van der Waals surface area contributed by atoms with E-state index in [9.17, 15) is 0 Å². The summed E-state index contributed by atoms with van der Waals surface area (Å²) in [5.41, 5.74) is 1.42. The van der Waals surface area contributed by atoms with Gasteiger partial charge in [-0.1, -0.05) is 0 Å². The number of hydrogen-bond donors (Lipinski definition) is 0. The maximum absolute atomic E-state index is 6.06. The number of alkyl halides is 1. The fourth-order valence-electron chi connectivity index (χ4n) is 3.00. The third-order valence-corrected chi connectivity index (χ3v) is 4.12. The minimum atomic E-state index is 0.176. The fraction of sp³-hybridized carbons (Fsp3) is 0.615. The Morgan fingerprint density at radius 3 is 2.90 bits per heavy atom. The molecule has 1 fully saturated rings. The van der Waals surface area contributed by atoms with Crippen LogP contribution < -0.4 is 4.74 Å². The molecule has 0 saturated heterocycles. The minimum absolute atomic E-state index is 0.176. The lowest BCUT2D eigenvalue weighted by molar-refractivity contribution is 0.0753. The lowest BCUT2D eigenvalue weighted by atomic mass is 10.2. The maximum atomic E-state index is 6.06. The van der Waals surface area contributed by atoms with Gasteiger partial charge in [0.25, 0.3) is 0 Å². The van der Waals surface area contributed by atoms with E-state index in [-0.39, 0.29) is 12.1 Å². The van der Waals surface area contributed by atoms with Crippen LogP contribution in [0, 0.1) is 0 Å². The molecule has 7 heteroatoms. The largest absolute Gasteiger partial charge is 0.479 e. The maximum Gasteiger partial charge on any atom is 0.245 e. The molecule has 2 aromatic heterocycles. The van der Waals surface area contributed by atoms with Gasteiger partial charge in [-0.3, -0.25) is 0 Å². The summed E-state index contributed by atoms with van der Waals surface area (Å²) in [5.74, 6) is 1.59. The van der Waals surface area contributed by atoms with E-state index in [1.54, 1.807) is 14.2 Å². The van der Waals surface area contributed by atoms with Crippen LogP contribution in [-0.4, -0.2) is 39.8 Å². The average molecular weight is 297 g/mol. The zero-order valence-corrected chi connectivity index (χ0v) is 12.3. The van der Waals surface area contributed by atoms with Crippen molar-refractivity contribution in [2.45, 2.75) is 37.3 Å². The topological polar surface area (TPSA) is 62.1 Å². The van der Waals surface area contributed by atoms with Gasteiger partial charge in [0.2, 0.25) is 5.88 Å². The number of hydrogen-bond acceptors (Lipinski definition) is 5. The van der Waals surface area contributed by atoms with E-state index in [2.05, 4.69) is 19.5 Å². The molecule has 1 saturated carbocycles. The second-order valence-corrected chi connectivity index (χ2v) is 5.13. The molecule has 0 spiro atoms. The van der Waals surface area contributed by atoms with Gasteiger partial charge in [0.05, 0.1) is 25.1 Å². The van der Waals surface area contributed by atoms with Gasteiger partial charge in [-0.15, -0.1) is 11.6 Å². The van der Waals surface area contributed by atoms with Crippen LogP contribution in [0.2, 0.25) is 0 Å². The van der Waals surface area contributed by atoms with Crippen LogP contribution in [0.15, 0.2) is 6.33 Å². The molecule has 20 heavy (non-hydrogen) atoms. The Morgan fingerprint density at radius 1 is 1.35 bits per heavy atom. The van der Waals surface area contributed by atoms with Crippen LogP contribution in [0.4, 0.5) is 0 Å². The second kappa shape index (κ2) is 5.54. The van der Waals surface area contributed by atoms with Crippen molar-refractivity contribution in [1.82, 2.24) is 19.5 Å². The normalized spacial score (nSPS) is 22.6. The first kappa shape index (κ1) is 13.6. The fourth-order valence-corrected chi connectivity index (χ4v) is 3.19. The van der Waals surface area contributed by atoms with Gasteiger partial charge in [-0.05, 0) is 19.3 Å². The number of rotatable bonds is 4. The van der Waals surface area contributed by atoms with Gasteiger partial charge in [0, 0.05) is 7.11 Å². The molecular formula is C13H17ClN4O2. The Morgan fingerprint density at radius 2 is 2.20 bits per heavy atom. The van der Waals surface area contributed by atoms with Crippen molar-refractivity contribution < 1.29 is 9.47 Å². The number of imidazole rings is 1. The SMILES string of the molecule is COc1ncnc2c1nc(CCl)n2C1CCCC1OC. The molecule has 108 valence electrons. The molecule has 3 rings (SSSR count). The summed E-state index contributed by atoms with van der Waals surface area (Å²) >= 11 is 6.06. The van der Waals surface area contributed by atoms with E-state index in [0.29, 0.717) is 17.3 Å². The highest BCUT2D eigenvalue weighted by Crippen LogP contribution is 2.36. The Bertz CT molecular complexity index is 616. The predicted octanol–water partition coefficient (Wildman–Crippen LogP) is 2.31. The summed E-state index contributed by atoms with van der Waals surface area (Å²) in [7, 11) is 3.33. The van der Waals surface area contributed by atoms with Crippen LogP contribution in [0.1, 0.15) is 31.1 Å². The Kier molecular flexibility index (Phi) is 3.76. The second-order valence-electron chi connectivity index (χ2n) is 4.86. The lowest BCUT2D eigenvalue weighted by Gasteiger charge is -2.21. The third-order valence-electron chi connectivity index (χ3n) is 3.88. The molecule has 6 nitrogen and oxygen atoms in total. The number of methoxy groups -OCH3 is 2. The molecule has 2 atom stereocenters. The van der Waals surface area contributed by atoms with E-state index in [1.807, 2.05) is 0 Å². The summed E-state index contributed by atoms with van der Waals surface area (Å²) < 4.78 is 12.9. The molecule has 0 aliphatic heterocycles. The van der Waals surface area contributed by atoms with Crippen molar-refractivity contribution in [2.24, 2.45) is 0 Å². The first-order valence-electron chi connectivity index (χ1n) is 6.64. The minimum Gasteiger partial charge on any atom is -0.479 e.